The van der Waals surface area contributed by atoms with Gasteiger partial charge in [-0.2, -0.15) is 0 Å². The van der Waals surface area contributed by atoms with Crippen LogP contribution in [0.4, 0.5) is 4.39 Å². The monoisotopic (exact) mass is 361 g/mol. The number of benzene rings is 1. The third-order valence-electron chi connectivity index (χ3n) is 5.55. The third-order valence-corrected chi connectivity index (χ3v) is 5.55. The van der Waals surface area contributed by atoms with E-state index < -0.39 is 11.4 Å². The highest BCUT2D eigenvalue weighted by Gasteiger charge is 2.54. The summed E-state index contributed by atoms with van der Waals surface area (Å²) in [5.74, 6) is -0.824. The Bertz CT molecular complexity index is 867. The highest BCUT2D eigenvalue weighted by Crippen LogP contribution is 2.42. The van der Waals surface area contributed by atoms with Gasteiger partial charge in [0.2, 0.25) is 5.91 Å². The Morgan fingerprint density at radius 1 is 1.46 bits per heavy atom. The molecule has 7 nitrogen and oxygen atoms in total. The number of amides is 1. The molecule has 26 heavy (non-hydrogen) atoms. The molecule has 2 fully saturated rings. The second kappa shape index (κ2) is 6.35. The molecule has 2 aliphatic heterocycles. The topological polar surface area (TPSA) is 95.5 Å². The zero-order valence-electron chi connectivity index (χ0n) is 14.2. The number of aromatic nitrogens is 2. The maximum absolute atomic E-state index is 13.2. The van der Waals surface area contributed by atoms with E-state index in [2.05, 4.69) is 9.97 Å². The van der Waals surface area contributed by atoms with Crippen molar-refractivity contribution in [3.63, 3.8) is 0 Å². The Balaban J connectivity index is 1.42. The maximum Gasteiger partial charge on any atom is 0.311 e. The molecule has 8 heteroatoms. The van der Waals surface area contributed by atoms with Gasteiger partial charge in [0.05, 0.1) is 23.1 Å². The minimum Gasteiger partial charge on any atom is -0.481 e. The van der Waals surface area contributed by atoms with E-state index in [-0.39, 0.29) is 30.6 Å². The second-order valence-corrected chi connectivity index (χ2v) is 7.10. The Morgan fingerprint density at radius 3 is 3.08 bits per heavy atom. The van der Waals surface area contributed by atoms with Gasteiger partial charge < -0.3 is 19.7 Å². The number of aryl methyl sites for hydroxylation is 1. The van der Waals surface area contributed by atoms with Crippen molar-refractivity contribution in [2.45, 2.75) is 19.3 Å². The van der Waals surface area contributed by atoms with Gasteiger partial charge in [-0.15, -0.1) is 0 Å². The van der Waals surface area contributed by atoms with Gasteiger partial charge in [0.25, 0.3) is 0 Å². The van der Waals surface area contributed by atoms with Crippen LogP contribution >= 0.6 is 0 Å². The number of halogens is 1. The van der Waals surface area contributed by atoms with Gasteiger partial charge >= 0.3 is 5.97 Å². The number of H-pyrrole nitrogens is 1. The molecule has 0 radical (unpaired) electrons. The number of imidazole rings is 1. The molecule has 2 aliphatic rings. The van der Waals surface area contributed by atoms with Crippen LogP contribution in [0, 0.1) is 17.2 Å². The summed E-state index contributed by atoms with van der Waals surface area (Å²) in [6, 6.07) is 4.31. The normalized spacial score (nSPS) is 25.4. The molecule has 0 aliphatic carbocycles. The molecule has 1 aromatic carbocycles. The molecule has 0 saturated carbocycles. The van der Waals surface area contributed by atoms with E-state index in [0.29, 0.717) is 49.5 Å². The Kier molecular flexibility index (Phi) is 4.14. The van der Waals surface area contributed by atoms with E-state index in [0.717, 1.165) is 0 Å². The second-order valence-electron chi connectivity index (χ2n) is 7.10. The van der Waals surface area contributed by atoms with Gasteiger partial charge in [-0.3, -0.25) is 9.59 Å². The van der Waals surface area contributed by atoms with Crippen molar-refractivity contribution >= 4 is 22.9 Å². The average Bonchev–Trinajstić information content (AvgIpc) is 3.20. The number of hydrogen-bond acceptors (Lipinski definition) is 4. The standard InChI is InChI=1S/C18H20FN3O4/c19-12-1-2-13-14(7-12)21-15(20-13)3-4-16(23)22-8-11-9-26-6-5-18(11,10-22)17(24)25/h1-2,7,11H,3-6,8-10H2,(H,20,21)(H,24,25)/t11-,18+/m1/s1. The molecular formula is C18H20FN3O4. The van der Waals surface area contributed by atoms with E-state index in [4.69, 9.17) is 4.74 Å². The fourth-order valence-electron chi connectivity index (χ4n) is 4.03. The molecule has 138 valence electrons. The van der Waals surface area contributed by atoms with Crippen molar-refractivity contribution in [3.8, 4) is 0 Å². The first-order valence-corrected chi connectivity index (χ1v) is 8.71. The van der Waals surface area contributed by atoms with Gasteiger partial charge in [0.1, 0.15) is 11.6 Å². The molecular weight excluding hydrogens is 341 g/mol. The molecule has 0 unspecified atom stereocenters. The zero-order valence-corrected chi connectivity index (χ0v) is 14.2. The minimum absolute atomic E-state index is 0.0911. The van der Waals surface area contributed by atoms with E-state index in [9.17, 15) is 19.1 Å². The van der Waals surface area contributed by atoms with Gasteiger partial charge in [-0.05, 0) is 24.6 Å². The number of fused-ring (bicyclic) bond motifs is 2. The number of carbonyl (C=O) groups excluding carboxylic acids is 1. The summed E-state index contributed by atoms with van der Waals surface area (Å²) in [5.41, 5.74) is 0.370. The number of rotatable bonds is 4. The third kappa shape index (κ3) is 2.84. The van der Waals surface area contributed by atoms with Gasteiger partial charge in [-0.25, -0.2) is 9.37 Å². The smallest absolute Gasteiger partial charge is 0.311 e. The van der Waals surface area contributed by atoms with E-state index in [1.54, 1.807) is 11.0 Å². The minimum atomic E-state index is -0.884. The van der Waals surface area contributed by atoms with Crippen molar-refractivity contribution in [1.82, 2.24) is 14.9 Å². The molecule has 0 bridgehead atoms. The molecule has 2 saturated heterocycles. The molecule has 2 aromatic rings. The molecule has 2 atom stereocenters. The maximum atomic E-state index is 13.2. The van der Waals surface area contributed by atoms with E-state index >= 15 is 0 Å². The van der Waals surface area contributed by atoms with Crippen LogP contribution in [0.5, 0.6) is 0 Å². The quantitative estimate of drug-likeness (QED) is 0.862. The highest BCUT2D eigenvalue weighted by molar-refractivity contribution is 5.81. The van der Waals surface area contributed by atoms with Crippen molar-refractivity contribution in [2.24, 2.45) is 11.3 Å². The van der Waals surface area contributed by atoms with Crippen molar-refractivity contribution < 1.29 is 23.8 Å². The van der Waals surface area contributed by atoms with E-state index in [1.165, 1.54) is 12.1 Å². The van der Waals surface area contributed by atoms with Gasteiger partial charge in [0.15, 0.2) is 0 Å². The van der Waals surface area contributed by atoms with Crippen LogP contribution < -0.4 is 0 Å². The van der Waals surface area contributed by atoms with Crippen LogP contribution in [0.1, 0.15) is 18.7 Å². The number of carboxylic acid groups (broad SMARTS) is 1. The van der Waals surface area contributed by atoms with Gasteiger partial charge in [0, 0.05) is 38.5 Å². The lowest BCUT2D eigenvalue weighted by Crippen LogP contribution is -2.45. The number of hydrogen-bond donors (Lipinski definition) is 2. The summed E-state index contributed by atoms with van der Waals surface area (Å²) in [4.78, 5) is 33.4. The predicted molar refractivity (Wildman–Crippen MR) is 89.9 cm³/mol. The number of aromatic amines is 1. The Hall–Kier alpha value is -2.48. The summed E-state index contributed by atoms with van der Waals surface area (Å²) < 4.78 is 18.7. The van der Waals surface area contributed by atoms with Crippen LogP contribution in [-0.2, 0) is 20.7 Å². The van der Waals surface area contributed by atoms with Crippen molar-refractivity contribution in [1.29, 1.82) is 0 Å². The summed E-state index contributed by atoms with van der Waals surface area (Å²) in [6.07, 6.45) is 1.06. The van der Waals surface area contributed by atoms with Crippen molar-refractivity contribution in [2.75, 3.05) is 26.3 Å². The molecule has 1 aromatic heterocycles. The number of nitrogens with one attached hydrogen (secondary N) is 1. The Labute approximate surface area is 149 Å². The summed E-state index contributed by atoms with van der Waals surface area (Å²) in [7, 11) is 0. The van der Waals surface area contributed by atoms with E-state index in [1.807, 2.05) is 0 Å². The lowest BCUT2D eigenvalue weighted by molar-refractivity contribution is -0.157. The van der Waals surface area contributed by atoms with Crippen LogP contribution in [-0.4, -0.2) is 58.2 Å². The highest BCUT2D eigenvalue weighted by atomic mass is 19.1. The average molecular weight is 361 g/mol. The molecule has 2 N–H and O–H groups in total. The summed E-state index contributed by atoms with van der Waals surface area (Å²) in [6.45, 7) is 1.45. The number of carbonyl (C=O) groups is 2. The molecule has 4 rings (SSSR count). The molecule has 0 spiro atoms. The molecule has 1 amide bonds. The SMILES string of the molecule is O=C(CCc1nc2ccc(F)cc2[nH]1)N1C[C@@H]2COCC[C@]2(C(=O)O)C1. The predicted octanol–water partition coefficient (Wildman–Crippen LogP) is 1.58. The first kappa shape index (κ1) is 17.0. The van der Waals surface area contributed by atoms with Crippen molar-refractivity contribution in [3.05, 3.63) is 29.8 Å². The summed E-state index contributed by atoms with van der Waals surface area (Å²) in [5, 5.41) is 9.67. The number of nitrogens with zero attached hydrogens (tertiary/aromatic N) is 2. The molecule has 3 heterocycles. The zero-order chi connectivity index (χ0) is 18.3. The number of carboxylic acids is 1. The lowest BCUT2D eigenvalue weighted by Gasteiger charge is -2.33. The fraction of sp³-hybridized carbons (Fsp3) is 0.500. The van der Waals surface area contributed by atoms with Crippen LogP contribution in [0.15, 0.2) is 18.2 Å². The van der Waals surface area contributed by atoms with Crippen LogP contribution in [0.2, 0.25) is 0 Å². The first-order chi connectivity index (χ1) is 12.5. The van der Waals surface area contributed by atoms with Crippen LogP contribution in [0.25, 0.3) is 11.0 Å². The Morgan fingerprint density at radius 2 is 2.31 bits per heavy atom. The largest absolute Gasteiger partial charge is 0.481 e. The number of ether oxygens (including phenoxy) is 1. The van der Waals surface area contributed by atoms with Gasteiger partial charge in [-0.1, -0.05) is 0 Å². The number of likely N-dealkylation sites (tertiary alicyclic amines) is 1. The summed E-state index contributed by atoms with van der Waals surface area (Å²) >= 11 is 0. The van der Waals surface area contributed by atoms with Crippen LogP contribution in [0.3, 0.4) is 0 Å². The fourth-order valence-corrected chi connectivity index (χ4v) is 4.03. The lowest BCUT2D eigenvalue weighted by atomic mass is 9.74. The first-order valence-electron chi connectivity index (χ1n) is 8.71. The number of aliphatic carboxylic acids is 1.